The van der Waals surface area contributed by atoms with Gasteiger partial charge < -0.3 is 14.7 Å². The van der Waals surface area contributed by atoms with Gasteiger partial charge in [-0.25, -0.2) is 4.98 Å². The molecule has 4 rings (SSSR count). The average molecular weight is 394 g/mol. The highest BCUT2D eigenvalue weighted by Gasteiger charge is 2.20. The predicted molar refractivity (Wildman–Crippen MR) is 117 cm³/mol. The first-order chi connectivity index (χ1) is 13.6. The van der Waals surface area contributed by atoms with Gasteiger partial charge in [0.25, 0.3) is 0 Å². The molecule has 2 aromatic carbocycles. The molecule has 0 N–H and O–H groups in total. The van der Waals surface area contributed by atoms with E-state index < -0.39 is 0 Å². The summed E-state index contributed by atoms with van der Waals surface area (Å²) < 4.78 is 0. The fraction of sp³-hybridized carbons (Fsp3) is 0.273. The first-order valence-corrected chi connectivity index (χ1v) is 9.88. The molecule has 0 saturated carbocycles. The van der Waals surface area contributed by atoms with Crippen LogP contribution in [0.25, 0.3) is 0 Å². The van der Waals surface area contributed by atoms with Gasteiger partial charge in [0.1, 0.15) is 5.82 Å². The molecular weight excluding hydrogens is 370 g/mol. The molecule has 1 saturated heterocycles. The average Bonchev–Trinajstić information content (AvgIpc) is 2.73. The van der Waals surface area contributed by atoms with Crippen molar-refractivity contribution in [2.24, 2.45) is 0 Å². The van der Waals surface area contributed by atoms with Crippen LogP contribution in [0.3, 0.4) is 0 Å². The SMILES string of the molecule is Cc1cc(N2CCN(c3cccc(Cl)c3)CC2)nc(N(C)c2ccccc2)n1. The molecule has 1 aliphatic heterocycles. The van der Waals surface area contributed by atoms with Crippen molar-refractivity contribution in [2.75, 3.05) is 47.9 Å². The van der Waals surface area contributed by atoms with E-state index in [-0.39, 0.29) is 0 Å². The van der Waals surface area contributed by atoms with Gasteiger partial charge in [-0.1, -0.05) is 35.9 Å². The van der Waals surface area contributed by atoms with Crippen LogP contribution in [0.1, 0.15) is 5.69 Å². The number of rotatable bonds is 4. The minimum Gasteiger partial charge on any atom is -0.368 e. The molecule has 5 nitrogen and oxygen atoms in total. The molecule has 0 amide bonds. The first kappa shape index (κ1) is 18.6. The summed E-state index contributed by atoms with van der Waals surface area (Å²) >= 11 is 6.14. The number of aromatic nitrogens is 2. The molecule has 28 heavy (non-hydrogen) atoms. The van der Waals surface area contributed by atoms with E-state index in [1.807, 2.05) is 55.3 Å². The first-order valence-electron chi connectivity index (χ1n) is 9.50. The predicted octanol–water partition coefficient (Wildman–Crippen LogP) is 4.53. The highest BCUT2D eigenvalue weighted by Crippen LogP contribution is 2.25. The number of hydrogen-bond donors (Lipinski definition) is 0. The Morgan fingerprint density at radius 3 is 2.29 bits per heavy atom. The number of piperazine rings is 1. The van der Waals surface area contributed by atoms with E-state index >= 15 is 0 Å². The van der Waals surface area contributed by atoms with Crippen LogP contribution in [-0.4, -0.2) is 43.2 Å². The van der Waals surface area contributed by atoms with Crippen molar-refractivity contribution in [3.8, 4) is 0 Å². The van der Waals surface area contributed by atoms with E-state index in [4.69, 9.17) is 16.6 Å². The summed E-state index contributed by atoms with van der Waals surface area (Å²) in [7, 11) is 2.00. The molecule has 1 fully saturated rings. The van der Waals surface area contributed by atoms with E-state index in [9.17, 15) is 0 Å². The molecule has 2 heterocycles. The van der Waals surface area contributed by atoms with Crippen LogP contribution < -0.4 is 14.7 Å². The monoisotopic (exact) mass is 393 g/mol. The highest BCUT2D eigenvalue weighted by molar-refractivity contribution is 6.30. The lowest BCUT2D eigenvalue weighted by molar-refractivity contribution is 0.646. The molecule has 0 radical (unpaired) electrons. The van der Waals surface area contributed by atoms with Crippen molar-refractivity contribution in [2.45, 2.75) is 6.92 Å². The van der Waals surface area contributed by atoms with Gasteiger partial charge in [-0.05, 0) is 37.3 Å². The Kier molecular flexibility index (Phi) is 5.35. The summed E-state index contributed by atoms with van der Waals surface area (Å²) in [6.45, 7) is 5.73. The molecule has 1 aromatic heterocycles. The third-order valence-corrected chi connectivity index (χ3v) is 5.28. The van der Waals surface area contributed by atoms with Crippen molar-refractivity contribution in [1.29, 1.82) is 0 Å². The molecule has 0 unspecified atom stereocenters. The van der Waals surface area contributed by atoms with Crippen LogP contribution in [0.2, 0.25) is 5.02 Å². The third kappa shape index (κ3) is 4.04. The number of benzene rings is 2. The van der Waals surface area contributed by atoms with Gasteiger partial charge in [0.15, 0.2) is 0 Å². The molecule has 144 valence electrons. The summed E-state index contributed by atoms with van der Waals surface area (Å²) in [5, 5.41) is 0.778. The minimum atomic E-state index is 0.721. The molecule has 0 aliphatic carbocycles. The Labute approximate surface area is 171 Å². The van der Waals surface area contributed by atoms with Gasteiger partial charge in [0.05, 0.1) is 0 Å². The summed E-state index contributed by atoms with van der Waals surface area (Å²) in [6.07, 6.45) is 0. The number of anilines is 4. The zero-order chi connectivity index (χ0) is 19.5. The second kappa shape index (κ2) is 8.07. The fourth-order valence-corrected chi connectivity index (χ4v) is 3.67. The van der Waals surface area contributed by atoms with E-state index in [1.165, 1.54) is 5.69 Å². The van der Waals surface area contributed by atoms with Crippen LogP contribution in [0, 0.1) is 6.92 Å². The number of halogens is 1. The quantitative estimate of drug-likeness (QED) is 0.650. The van der Waals surface area contributed by atoms with E-state index in [0.29, 0.717) is 0 Å². The Balaban J connectivity index is 1.50. The summed E-state index contributed by atoms with van der Waals surface area (Å²) in [6, 6.07) is 20.3. The van der Waals surface area contributed by atoms with Crippen molar-refractivity contribution in [3.05, 3.63) is 71.4 Å². The van der Waals surface area contributed by atoms with Crippen LogP contribution in [0.15, 0.2) is 60.7 Å². The second-order valence-electron chi connectivity index (χ2n) is 7.02. The van der Waals surface area contributed by atoms with Crippen molar-refractivity contribution in [3.63, 3.8) is 0 Å². The van der Waals surface area contributed by atoms with Crippen LogP contribution in [-0.2, 0) is 0 Å². The smallest absolute Gasteiger partial charge is 0.231 e. The van der Waals surface area contributed by atoms with Gasteiger partial charge in [-0.15, -0.1) is 0 Å². The molecular formula is C22H24ClN5. The number of para-hydroxylation sites is 1. The van der Waals surface area contributed by atoms with Gasteiger partial charge in [-0.2, -0.15) is 4.98 Å². The molecule has 0 spiro atoms. The summed E-state index contributed by atoms with van der Waals surface area (Å²) in [5.41, 5.74) is 3.22. The standard InChI is InChI=1S/C22H24ClN5/c1-17-15-21(25-22(24-17)26(2)19-8-4-3-5-9-19)28-13-11-27(12-14-28)20-10-6-7-18(23)16-20/h3-10,15-16H,11-14H2,1-2H3. The van der Waals surface area contributed by atoms with Crippen molar-refractivity contribution < 1.29 is 0 Å². The zero-order valence-electron chi connectivity index (χ0n) is 16.2. The number of aryl methyl sites for hydroxylation is 1. The van der Waals surface area contributed by atoms with Crippen molar-refractivity contribution in [1.82, 2.24) is 9.97 Å². The van der Waals surface area contributed by atoms with Gasteiger partial charge in [0.2, 0.25) is 5.95 Å². The molecule has 3 aromatic rings. The summed E-state index contributed by atoms with van der Waals surface area (Å²) in [5.74, 6) is 1.70. The molecule has 0 atom stereocenters. The Hall–Kier alpha value is -2.79. The zero-order valence-corrected chi connectivity index (χ0v) is 17.0. The van der Waals surface area contributed by atoms with E-state index in [1.54, 1.807) is 0 Å². The molecule has 6 heteroatoms. The third-order valence-electron chi connectivity index (χ3n) is 5.05. The summed E-state index contributed by atoms with van der Waals surface area (Å²) in [4.78, 5) is 16.2. The van der Waals surface area contributed by atoms with Gasteiger partial charge in [0, 0.05) is 61.4 Å². The lowest BCUT2D eigenvalue weighted by Crippen LogP contribution is -2.47. The topological polar surface area (TPSA) is 35.5 Å². The van der Waals surface area contributed by atoms with Crippen LogP contribution in [0.4, 0.5) is 23.1 Å². The Morgan fingerprint density at radius 2 is 1.57 bits per heavy atom. The van der Waals surface area contributed by atoms with Crippen LogP contribution in [0.5, 0.6) is 0 Å². The number of nitrogens with zero attached hydrogens (tertiary/aromatic N) is 5. The Bertz CT molecular complexity index is 939. The highest BCUT2D eigenvalue weighted by atomic mass is 35.5. The lowest BCUT2D eigenvalue weighted by Gasteiger charge is -2.37. The maximum absolute atomic E-state index is 6.14. The largest absolute Gasteiger partial charge is 0.368 e. The van der Waals surface area contributed by atoms with Crippen molar-refractivity contribution >= 4 is 34.7 Å². The lowest BCUT2D eigenvalue weighted by atomic mass is 10.2. The maximum atomic E-state index is 6.14. The van der Waals surface area contributed by atoms with Gasteiger partial charge in [-0.3, -0.25) is 0 Å². The number of hydrogen-bond acceptors (Lipinski definition) is 5. The Morgan fingerprint density at radius 1 is 0.857 bits per heavy atom. The van der Waals surface area contributed by atoms with Crippen LogP contribution >= 0.6 is 11.6 Å². The molecule has 0 bridgehead atoms. The molecule has 1 aliphatic rings. The normalized spacial score (nSPS) is 14.2. The van der Waals surface area contributed by atoms with Gasteiger partial charge >= 0.3 is 0 Å². The maximum Gasteiger partial charge on any atom is 0.231 e. The minimum absolute atomic E-state index is 0.721. The fourth-order valence-electron chi connectivity index (χ4n) is 3.48. The van der Waals surface area contributed by atoms with E-state index in [0.717, 1.165) is 54.3 Å². The second-order valence-corrected chi connectivity index (χ2v) is 7.45. The van der Waals surface area contributed by atoms with E-state index in [2.05, 4.69) is 39.0 Å².